The van der Waals surface area contributed by atoms with Crippen LogP contribution in [0.3, 0.4) is 0 Å². The Morgan fingerprint density at radius 2 is 2.05 bits per heavy atom. The van der Waals surface area contributed by atoms with Crippen molar-refractivity contribution in [2.45, 2.75) is 32.7 Å². The lowest BCUT2D eigenvalue weighted by Gasteiger charge is -2.19. The molecule has 0 aromatic heterocycles. The first-order valence-corrected chi connectivity index (χ1v) is 7.26. The van der Waals surface area contributed by atoms with Crippen LogP contribution in [-0.4, -0.2) is 56.1 Å². The molecule has 20 heavy (non-hydrogen) atoms. The predicted octanol–water partition coefficient (Wildman–Crippen LogP) is -0.0291. The Bertz CT molecular complexity index is 330. The molecule has 1 atom stereocenters. The monoisotopic (exact) mass is 285 g/mol. The fraction of sp³-hybridized carbons (Fsp3) is 0.857. The topological polar surface area (TPSA) is 84.7 Å². The number of rotatable bonds is 9. The quantitative estimate of drug-likeness (QED) is 0.583. The van der Waals surface area contributed by atoms with Crippen LogP contribution in [0.1, 0.15) is 26.7 Å². The van der Waals surface area contributed by atoms with E-state index in [4.69, 9.17) is 10.5 Å². The largest absolute Gasteiger partial charge is 0.379 e. The van der Waals surface area contributed by atoms with E-state index in [0.29, 0.717) is 13.2 Å². The van der Waals surface area contributed by atoms with Crippen LogP contribution in [0.25, 0.3) is 0 Å². The number of amides is 2. The molecule has 0 aromatic carbocycles. The number of likely N-dealkylation sites (N-methyl/N-ethyl adjacent to an activating group) is 1. The molecule has 116 valence electrons. The van der Waals surface area contributed by atoms with Crippen LogP contribution in [0.5, 0.6) is 0 Å². The molecule has 0 heterocycles. The lowest BCUT2D eigenvalue weighted by molar-refractivity contribution is -0.132. The van der Waals surface area contributed by atoms with Gasteiger partial charge in [-0.1, -0.05) is 13.8 Å². The summed E-state index contributed by atoms with van der Waals surface area (Å²) in [7, 11) is 1.71. The Balaban J connectivity index is 2.11. The van der Waals surface area contributed by atoms with Gasteiger partial charge in [0.05, 0.1) is 19.2 Å². The fourth-order valence-corrected chi connectivity index (χ4v) is 1.58. The van der Waals surface area contributed by atoms with Crippen molar-refractivity contribution in [3.05, 3.63) is 0 Å². The highest BCUT2D eigenvalue weighted by Gasteiger charge is 2.21. The highest BCUT2D eigenvalue weighted by atomic mass is 16.5. The first kappa shape index (κ1) is 16.9. The average molecular weight is 285 g/mol. The third-order valence-corrected chi connectivity index (χ3v) is 3.48. The summed E-state index contributed by atoms with van der Waals surface area (Å²) in [6.45, 7) is 5.60. The normalized spacial score (nSPS) is 16.1. The van der Waals surface area contributed by atoms with Gasteiger partial charge in [-0.15, -0.1) is 0 Å². The van der Waals surface area contributed by atoms with E-state index < -0.39 is 6.04 Å². The molecule has 1 aliphatic rings. The molecular formula is C14H27N3O3. The zero-order valence-corrected chi connectivity index (χ0v) is 12.7. The van der Waals surface area contributed by atoms with Gasteiger partial charge in [0.2, 0.25) is 11.8 Å². The maximum absolute atomic E-state index is 11.8. The standard InChI is InChI=1S/C14H27N3O3/c1-10(2)13(15)14(19)16-8-12(18)17(3)6-7-20-9-11-4-5-11/h10-11,13H,4-9,15H2,1-3H3,(H,16,19)/t13-/m0/s1. The Morgan fingerprint density at radius 1 is 1.40 bits per heavy atom. The van der Waals surface area contributed by atoms with Gasteiger partial charge in [-0.3, -0.25) is 9.59 Å². The van der Waals surface area contributed by atoms with Gasteiger partial charge in [-0.05, 0) is 24.7 Å². The Labute approximate surface area is 121 Å². The molecule has 1 fully saturated rings. The summed E-state index contributed by atoms with van der Waals surface area (Å²) in [6, 6.07) is -0.574. The Hall–Kier alpha value is -1.14. The third-order valence-electron chi connectivity index (χ3n) is 3.48. The van der Waals surface area contributed by atoms with Crippen molar-refractivity contribution in [3.8, 4) is 0 Å². The van der Waals surface area contributed by atoms with Crippen molar-refractivity contribution < 1.29 is 14.3 Å². The van der Waals surface area contributed by atoms with Crippen molar-refractivity contribution in [1.82, 2.24) is 10.2 Å². The van der Waals surface area contributed by atoms with E-state index in [1.165, 1.54) is 12.8 Å². The average Bonchev–Trinajstić information content (AvgIpc) is 3.23. The van der Waals surface area contributed by atoms with E-state index in [1.807, 2.05) is 13.8 Å². The van der Waals surface area contributed by atoms with E-state index >= 15 is 0 Å². The second kappa shape index (κ2) is 8.21. The molecular weight excluding hydrogens is 258 g/mol. The molecule has 3 N–H and O–H groups in total. The number of nitrogens with two attached hydrogens (primary N) is 1. The SMILES string of the molecule is CC(C)[C@H](N)C(=O)NCC(=O)N(C)CCOCC1CC1. The molecule has 1 aliphatic carbocycles. The second-order valence-electron chi connectivity index (χ2n) is 5.82. The lowest BCUT2D eigenvalue weighted by Crippen LogP contribution is -2.47. The second-order valence-corrected chi connectivity index (χ2v) is 5.82. The fourth-order valence-electron chi connectivity index (χ4n) is 1.58. The first-order valence-electron chi connectivity index (χ1n) is 7.26. The minimum Gasteiger partial charge on any atom is -0.379 e. The number of hydrogen-bond donors (Lipinski definition) is 2. The van der Waals surface area contributed by atoms with Crippen molar-refractivity contribution in [1.29, 1.82) is 0 Å². The maximum atomic E-state index is 11.8. The zero-order chi connectivity index (χ0) is 15.1. The highest BCUT2D eigenvalue weighted by Crippen LogP contribution is 2.28. The smallest absolute Gasteiger partial charge is 0.241 e. The molecule has 6 heteroatoms. The molecule has 0 bridgehead atoms. The van der Waals surface area contributed by atoms with E-state index in [-0.39, 0.29) is 24.3 Å². The molecule has 1 rings (SSSR count). The van der Waals surface area contributed by atoms with Gasteiger partial charge >= 0.3 is 0 Å². The van der Waals surface area contributed by atoms with Gasteiger partial charge in [0.1, 0.15) is 0 Å². The molecule has 6 nitrogen and oxygen atoms in total. The van der Waals surface area contributed by atoms with E-state index in [0.717, 1.165) is 12.5 Å². The van der Waals surface area contributed by atoms with Crippen molar-refractivity contribution in [2.75, 3.05) is 33.4 Å². The van der Waals surface area contributed by atoms with Crippen LogP contribution >= 0.6 is 0 Å². The lowest BCUT2D eigenvalue weighted by atomic mass is 10.1. The van der Waals surface area contributed by atoms with Crippen LogP contribution < -0.4 is 11.1 Å². The summed E-state index contributed by atoms with van der Waals surface area (Å²) < 4.78 is 5.47. The first-order chi connectivity index (χ1) is 9.41. The van der Waals surface area contributed by atoms with Crippen LogP contribution in [0.2, 0.25) is 0 Å². The van der Waals surface area contributed by atoms with Crippen molar-refractivity contribution >= 4 is 11.8 Å². The highest BCUT2D eigenvalue weighted by molar-refractivity contribution is 5.87. The zero-order valence-electron chi connectivity index (χ0n) is 12.7. The third kappa shape index (κ3) is 6.34. The van der Waals surface area contributed by atoms with Gasteiger partial charge in [0.25, 0.3) is 0 Å². The number of nitrogens with zero attached hydrogens (tertiary/aromatic N) is 1. The Morgan fingerprint density at radius 3 is 2.60 bits per heavy atom. The van der Waals surface area contributed by atoms with Gasteiger partial charge in [-0.2, -0.15) is 0 Å². The molecule has 2 amide bonds. The van der Waals surface area contributed by atoms with Gasteiger partial charge < -0.3 is 20.7 Å². The predicted molar refractivity (Wildman–Crippen MR) is 77.0 cm³/mol. The summed E-state index contributed by atoms with van der Waals surface area (Å²) in [4.78, 5) is 25.0. The molecule has 0 unspecified atom stereocenters. The van der Waals surface area contributed by atoms with Gasteiger partial charge in [0.15, 0.2) is 0 Å². The summed E-state index contributed by atoms with van der Waals surface area (Å²) in [6.07, 6.45) is 2.52. The number of nitrogens with one attached hydrogen (secondary N) is 1. The van der Waals surface area contributed by atoms with Crippen LogP contribution in [0.4, 0.5) is 0 Å². The molecule has 1 saturated carbocycles. The van der Waals surface area contributed by atoms with Crippen molar-refractivity contribution in [3.63, 3.8) is 0 Å². The molecule has 0 aliphatic heterocycles. The van der Waals surface area contributed by atoms with E-state index in [9.17, 15) is 9.59 Å². The van der Waals surface area contributed by atoms with Gasteiger partial charge in [0, 0.05) is 20.2 Å². The van der Waals surface area contributed by atoms with Gasteiger partial charge in [-0.25, -0.2) is 0 Å². The summed E-state index contributed by atoms with van der Waals surface area (Å²) in [5, 5.41) is 2.57. The molecule has 0 radical (unpaired) electrons. The van der Waals surface area contributed by atoms with E-state index in [2.05, 4.69) is 5.32 Å². The summed E-state index contributed by atoms with van der Waals surface area (Å²) >= 11 is 0. The molecule has 0 saturated heterocycles. The number of carbonyl (C=O) groups is 2. The number of hydrogen-bond acceptors (Lipinski definition) is 4. The number of carbonyl (C=O) groups excluding carboxylic acids is 2. The summed E-state index contributed by atoms with van der Waals surface area (Å²) in [5.74, 6) is 0.363. The van der Waals surface area contributed by atoms with Crippen LogP contribution in [-0.2, 0) is 14.3 Å². The minimum atomic E-state index is -0.574. The maximum Gasteiger partial charge on any atom is 0.241 e. The van der Waals surface area contributed by atoms with Crippen LogP contribution in [0.15, 0.2) is 0 Å². The Kier molecular flexibility index (Phi) is 6.95. The molecule has 0 aromatic rings. The minimum absolute atomic E-state index is 0.0155. The summed E-state index contributed by atoms with van der Waals surface area (Å²) in [5.41, 5.74) is 5.70. The van der Waals surface area contributed by atoms with Crippen molar-refractivity contribution in [2.24, 2.45) is 17.6 Å². The van der Waals surface area contributed by atoms with E-state index in [1.54, 1.807) is 11.9 Å². The van der Waals surface area contributed by atoms with Crippen LogP contribution in [0, 0.1) is 11.8 Å². The number of ether oxygens (including phenoxy) is 1. The molecule has 0 spiro atoms.